The minimum Gasteiger partial charge on any atom is -0.491 e. The number of sulfonamides is 1. The van der Waals surface area contributed by atoms with Crippen LogP contribution < -0.4 is 9.46 Å². The zero-order chi connectivity index (χ0) is 26.9. The van der Waals surface area contributed by atoms with Gasteiger partial charge in [-0.2, -0.15) is 5.10 Å². The molecule has 0 spiro atoms. The molecule has 0 unspecified atom stereocenters. The van der Waals surface area contributed by atoms with Crippen LogP contribution in [-0.2, 0) is 14.8 Å². The molecule has 200 valence electrons. The van der Waals surface area contributed by atoms with Gasteiger partial charge in [0.05, 0.1) is 42.3 Å². The molecule has 3 heterocycles. The van der Waals surface area contributed by atoms with E-state index in [1.54, 1.807) is 12.1 Å². The van der Waals surface area contributed by atoms with Gasteiger partial charge in [-0.15, -0.1) is 0 Å². The number of carbonyl (C=O) groups excluding carboxylic acids is 1. The molecule has 0 saturated carbocycles. The van der Waals surface area contributed by atoms with Crippen molar-refractivity contribution in [3.63, 3.8) is 0 Å². The van der Waals surface area contributed by atoms with Crippen molar-refractivity contribution in [1.29, 1.82) is 0 Å². The van der Waals surface area contributed by atoms with Crippen molar-refractivity contribution in [2.45, 2.75) is 45.7 Å². The maximum Gasteiger partial charge on any atom is 0.283 e. The summed E-state index contributed by atoms with van der Waals surface area (Å²) in [5, 5.41) is 5.33. The summed E-state index contributed by atoms with van der Waals surface area (Å²) in [4.78, 5) is 19.5. The van der Waals surface area contributed by atoms with Crippen LogP contribution in [0.15, 0.2) is 30.3 Å². The van der Waals surface area contributed by atoms with E-state index in [1.165, 1.54) is 22.9 Å². The molecule has 10 nitrogen and oxygen atoms in total. The number of aromatic nitrogens is 3. The molecule has 1 aliphatic rings. The van der Waals surface area contributed by atoms with Crippen molar-refractivity contribution in [2.75, 3.05) is 32.6 Å². The van der Waals surface area contributed by atoms with E-state index in [0.717, 1.165) is 6.26 Å². The largest absolute Gasteiger partial charge is 0.491 e. The monoisotopic (exact) mass is 533 g/mol. The lowest BCUT2D eigenvalue weighted by atomic mass is 10.1. The molecule has 1 N–H and O–H groups in total. The standard InChI is InChI=1S/C25H32FN5O5S/c1-15(2)23-22-21(36-11-10-30(16(3)4)19-13-35-14-19)12-20(25(32)29-37(5,33)34)27-24(22)31(28-23)18-8-6-17(26)7-9-18/h6-9,12,15-16,19H,10-11,13-14H2,1-5H3,(H,29,32). The van der Waals surface area contributed by atoms with Gasteiger partial charge in [0, 0.05) is 18.7 Å². The van der Waals surface area contributed by atoms with Gasteiger partial charge >= 0.3 is 0 Å². The number of carbonyl (C=O) groups is 1. The number of pyridine rings is 1. The first-order valence-electron chi connectivity index (χ1n) is 12.1. The van der Waals surface area contributed by atoms with Gasteiger partial charge in [0.1, 0.15) is 23.9 Å². The average Bonchev–Trinajstić information content (AvgIpc) is 3.16. The molecule has 0 aliphatic carbocycles. The van der Waals surface area contributed by atoms with E-state index in [0.29, 0.717) is 66.6 Å². The Kier molecular flexibility index (Phi) is 7.81. The number of halogens is 1. The molecule has 2 aromatic heterocycles. The highest BCUT2D eigenvalue weighted by atomic mass is 32.2. The summed E-state index contributed by atoms with van der Waals surface area (Å²) in [7, 11) is -3.82. The minimum absolute atomic E-state index is 0.0247. The maximum absolute atomic E-state index is 13.6. The molecule has 1 aliphatic heterocycles. The van der Waals surface area contributed by atoms with Crippen LogP contribution in [0.5, 0.6) is 5.75 Å². The summed E-state index contributed by atoms with van der Waals surface area (Å²) < 4.78 is 52.1. The summed E-state index contributed by atoms with van der Waals surface area (Å²) in [6.45, 7) is 10.5. The van der Waals surface area contributed by atoms with Crippen LogP contribution in [0.3, 0.4) is 0 Å². The molecule has 1 aromatic carbocycles. The molecule has 37 heavy (non-hydrogen) atoms. The number of rotatable bonds is 10. The van der Waals surface area contributed by atoms with E-state index in [4.69, 9.17) is 14.6 Å². The van der Waals surface area contributed by atoms with Gasteiger partial charge < -0.3 is 9.47 Å². The van der Waals surface area contributed by atoms with Crippen LogP contribution in [0.4, 0.5) is 4.39 Å². The lowest BCUT2D eigenvalue weighted by Crippen LogP contribution is -2.53. The third-order valence-corrected chi connectivity index (χ3v) is 6.67. The number of ether oxygens (including phenoxy) is 2. The fraction of sp³-hybridized carbons (Fsp3) is 0.480. The topological polar surface area (TPSA) is 116 Å². The van der Waals surface area contributed by atoms with E-state index in [-0.39, 0.29) is 11.6 Å². The van der Waals surface area contributed by atoms with Gasteiger partial charge in [0.15, 0.2) is 5.65 Å². The zero-order valence-corrected chi connectivity index (χ0v) is 22.4. The van der Waals surface area contributed by atoms with Crippen LogP contribution in [-0.4, -0.2) is 78.7 Å². The van der Waals surface area contributed by atoms with Crippen LogP contribution in [0.1, 0.15) is 49.8 Å². The molecular formula is C25H32FN5O5S. The third-order valence-electron chi connectivity index (χ3n) is 6.12. The highest BCUT2D eigenvalue weighted by Gasteiger charge is 2.28. The van der Waals surface area contributed by atoms with Gasteiger partial charge in [-0.25, -0.2) is 27.2 Å². The normalized spacial score (nSPS) is 14.5. The Balaban J connectivity index is 1.79. The van der Waals surface area contributed by atoms with Crippen molar-refractivity contribution in [2.24, 2.45) is 0 Å². The first-order valence-corrected chi connectivity index (χ1v) is 14.0. The van der Waals surface area contributed by atoms with Crippen LogP contribution >= 0.6 is 0 Å². The van der Waals surface area contributed by atoms with Gasteiger partial charge in [-0.1, -0.05) is 13.8 Å². The SMILES string of the molecule is CC(C)c1nn(-c2ccc(F)cc2)c2nc(C(=O)NS(C)(=O)=O)cc(OCCN(C(C)C)C3COC3)c12. The lowest BCUT2D eigenvalue weighted by Gasteiger charge is -2.39. The average molecular weight is 534 g/mol. The Morgan fingerprint density at radius 2 is 1.92 bits per heavy atom. The predicted molar refractivity (Wildman–Crippen MR) is 137 cm³/mol. The van der Waals surface area contributed by atoms with Gasteiger partial charge in [0.25, 0.3) is 5.91 Å². The molecule has 12 heteroatoms. The molecule has 0 radical (unpaired) electrons. The highest BCUT2D eigenvalue weighted by Crippen LogP contribution is 2.34. The van der Waals surface area contributed by atoms with Crippen molar-refractivity contribution in [3.05, 3.63) is 47.5 Å². The smallest absolute Gasteiger partial charge is 0.283 e. The van der Waals surface area contributed by atoms with E-state index in [1.807, 2.05) is 18.6 Å². The van der Waals surface area contributed by atoms with Crippen molar-refractivity contribution in [1.82, 2.24) is 24.4 Å². The number of amides is 1. The molecule has 1 saturated heterocycles. The Morgan fingerprint density at radius 1 is 1.24 bits per heavy atom. The van der Waals surface area contributed by atoms with E-state index < -0.39 is 21.7 Å². The molecular weight excluding hydrogens is 501 g/mol. The molecule has 4 rings (SSSR count). The minimum atomic E-state index is -3.82. The summed E-state index contributed by atoms with van der Waals surface area (Å²) in [5.41, 5.74) is 1.39. The van der Waals surface area contributed by atoms with E-state index >= 15 is 0 Å². The van der Waals surface area contributed by atoms with Crippen molar-refractivity contribution in [3.8, 4) is 11.4 Å². The lowest BCUT2D eigenvalue weighted by molar-refractivity contribution is -0.0776. The second-order valence-corrected chi connectivity index (χ2v) is 11.5. The number of nitrogens with zero attached hydrogens (tertiary/aromatic N) is 4. The molecule has 1 fully saturated rings. The summed E-state index contributed by atoms with van der Waals surface area (Å²) >= 11 is 0. The second-order valence-electron chi connectivity index (χ2n) is 9.71. The first-order chi connectivity index (χ1) is 17.4. The number of hydrogen-bond acceptors (Lipinski definition) is 8. The van der Waals surface area contributed by atoms with E-state index in [2.05, 4.69) is 23.7 Å². The van der Waals surface area contributed by atoms with Crippen LogP contribution in [0.25, 0.3) is 16.7 Å². The Hall–Kier alpha value is -3.09. The van der Waals surface area contributed by atoms with Crippen LogP contribution in [0, 0.1) is 5.82 Å². The second kappa shape index (κ2) is 10.7. The molecule has 1 amide bonds. The van der Waals surface area contributed by atoms with E-state index in [9.17, 15) is 17.6 Å². The maximum atomic E-state index is 13.6. The first kappa shape index (κ1) is 27.0. The third kappa shape index (κ3) is 6.08. The van der Waals surface area contributed by atoms with Crippen molar-refractivity contribution >= 4 is 27.0 Å². The quantitative estimate of drug-likeness (QED) is 0.423. The predicted octanol–water partition coefficient (Wildman–Crippen LogP) is 2.86. The summed E-state index contributed by atoms with van der Waals surface area (Å²) in [5.74, 6) is -0.943. The van der Waals surface area contributed by atoms with Gasteiger partial charge in [0.2, 0.25) is 10.0 Å². The Morgan fingerprint density at radius 3 is 2.46 bits per heavy atom. The number of nitrogens with one attached hydrogen (secondary N) is 1. The fourth-order valence-corrected chi connectivity index (χ4v) is 4.70. The number of hydrogen-bond donors (Lipinski definition) is 1. The Bertz CT molecular complexity index is 1380. The fourth-order valence-electron chi connectivity index (χ4n) is 4.26. The van der Waals surface area contributed by atoms with Crippen LogP contribution in [0.2, 0.25) is 0 Å². The molecule has 3 aromatic rings. The zero-order valence-electron chi connectivity index (χ0n) is 21.6. The highest BCUT2D eigenvalue weighted by molar-refractivity contribution is 7.89. The Labute approximate surface area is 215 Å². The van der Waals surface area contributed by atoms with Gasteiger partial charge in [-0.05, 0) is 44.0 Å². The molecule has 0 bridgehead atoms. The van der Waals surface area contributed by atoms with Gasteiger partial charge in [-0.3, -0.25) is 9.69 Å². The number of fused-ring (bicyclic) bond motifs is 1. The molecule has 0 atom stereocenters. The van der Waals surface area contributed by atoms with Crippen molar-refractivity contribution < 1.29 is 27.1 Å². The number of benzene rings is 1. The summed E-state index contributed by atoms with van der Waals surface area (Å²) in [6.07, 6.45) is 0.894. The summed E-state index contributed by atoms with van der Waals surface area (Å²) in [6, 6.07) is 7.78.